The maximum Gasteiger partial charge on any atom is 0.294 e. The smallest absolute Gasteiger partial charge is 0.294 e. The second kappa shape index (κ2) is 9.67. The van der Waals surface area contributed by atoms with E-state index in [1.807, 2.05) is 26.0 Å². The van der Waals surface area contributed by atoms with Crippen LogP contribution in [-0.4, -0.2) is 30.5 Å². The molecule has 4 aromatic rings. The molecular weight excluding hydrogens is 494 g/mol. The number of anilines is 1. The number of ketones is 1. The van der Waals surface area contributed by atoms with Crippen LogP contribution in [0.4, 0.5) is 5.69 Å². The fraction of sp³-hybridized carbons (Fsp3) is 0.172. The summed E-state index contributed by atoms with van der Waals surface area (Å²) < 4.78 is 16.8. The van der Waals surface area contributed by atoms with Gasteiger partial charge in [0, 0.05) is 22.2 Å². The predicted molar refractivity (Wildman–Crippen MR) is 141 cm³/mol. The van der Waals surface area contributed by atoms with Crippen molar-refractivity contribution in [2.45, 2.75) is 19.9 Å². The van der Waals surface area contributed by atoms with Gasteiger partial charge in [-0.05, 0) is 55.3 Å². The van der Waals surface area contributed by atoms with E-state index in [4.69, 9.17) is 25.5 Å². The molecule has 0 saturated heterocycles. The highest BCUT2D eigenvalue weighted by Gasteiger charge is 2.45. The number of carbonyl (C=O) groups excluding carboxylic acids is 2. The van der Waals surface area contributed by atoms with E-state index >= 15 is 0 Å². The number of ether oxygens (including phenoxy) is 2. The van der Waals surface area contributed by atoms with Gasteiger partial charge in [0.15, 0.2) is 22.9 Å². The fourth-order valence-corrected chi connectivity index (χ4v) is 4.85. The third-order valence-corrected chi connectivity index (χ3v) is 6.54. The lowest BCUT2D eigenvalue weighted by atomic mass is 9.94. The summed E-state index contributed by atoms with van der Waals surface area (Å²) in [5, 5.41) is 12.0. The average molecular weight is 518 g/mol. The van der Waals surface area contributed by atoms with Crippen molar-refractivity contribution in [2.75, 3.05) is 18.6 Å². The highest BCUT2D eigenvalue weighted by Crippen LogP contribution is 2.44. The molecule has 7 nitrogen and oxygen atoms in total. The van der Waals surface area contributed by atoms with Crippen LogP contribution >= 0.6 is 11.6 Å². The fourth-order valence-electron chi connectivity index (χ4n) is 4.63. The molecule has 0 radical (unpaired) electrons. The van der Waals surface area contributed by atoms with Gasteiger partial charge in [-0.1, -0.05) is 41.9 Å². The van der Waals surface area contributed by atoms with E-state index in [1.165, 1.54) is 18.1 Å². The first kappa shape index (κ1) is 24.5. The number of rotatable bonds is 7. The van der Waals surface area contributed by atoms with Crippen molar-refractivity contribution in [1.29, 1.82) is 0 Å². The molecule has 0 spiro atoms. The van der Waals surface area contributed by atoms with Crippen molar-refractivity contribution in [3.63, 3.8) is 0 Å². The minimum absolute atomic E-state index is 0.0486. The van der Waals surface area contributed by atoms with Crippen LogP contribution in [0.15, 0.2) is 82.5 Å². The molecule has 3 aromatic carbocycles. The van der Waals surface area contributed by atoms with E-state index in [0.717, 1.165) is 5.56 Å². The number of carbonyl (C=O) groups is 2. The molecule has 1 aliphatic heterocycles. The number of benzene rings is 3. The first-order valence-electron chi connectivity index (χ1n) is 11.7. The second-order valence-electron chi connectivity index (χ2n) is 8.59. The summed E-state index contributed by atoms with van der Waals surface area (Å²) in [4.78, 5) is 28.8. The van der Waals surface area contributed by atoms with Gasteiger partial charge in [0.1, 0.15) is 5.75 Å². The lowest BCUT2D eigenvalue weighted by Crippen LogP contribution is -2.31. The van der Waals surface area contributed by atoms with Crippen LogP contribution in [0.1, 0.15) is 34.6 Å². The summed E-state index contributed by atoms with van der Waals surface area (Å²) in [7, 11) is 1.47. The third kappa shape index (κ3) is 4.21. The topological polar surface area (TPSA) is 89.2 Å². The molecule has 1 atom stereocenters. The molecule has 5 rings (SSSR count). The maximum absolute atomic E-state index is 13.9. The number of Topliss-reactive ketones (excluding diaryl/α,β-unsaturated/α-hetero) is 1. The number of hydrogen-bond donors (Lipinski definition) is 1. The minimum atomic E-state index is -0.893. The average Bonchev–Trinajstić information content (AvgIpc) is 3.43. The number of aryl methyl sites for hydroxylation is 1. The molecule has 1 aromatic heterocycles. The van der Waals surface area contributed by atoms with Crippen molar-refractivity contribution in [1.82, 2.24) is 0 Å². The summed E-state index contributed by atoms with van der Waals surface area (Å²) in [5.74, 6) is -0.944. The predicted octanol–water partition coefficient (Wildman–Crippen LogP) is 6.58. The van der Waals surface area contributed by atoms with Gasteiger partial charge in [-0.2, -0.15) is 0 Å². The van der Waals surface area contributed by atoms with Crippen LogP contribution in [0.3, 0.4) is 0 Å². The Morgan fingerprint density at radius 2 is 1.84 bits per heavy atom. The number of halogens is 1. The Labute approximate surface area is 218 Å². The quantitative estimate of drug-likeness (QED) is 0.278. The zero-order valence-corrected chi connectivity index (χ0v) is 21.2. The van der Waals surface area contributed by atoms with E-state index in [9.17, 15) is 14.7 Å². The number of fused-ring (bicyclic) bond motifs is 1. The molecule has 188 valence electrons. The third-order valence-electron chi connectivity index (χ3n) is 6.33. The van der Waals surface area contributed by atoms with Crippen LogP contribution in [-0.2, 0) is 4.79 Å². The number of amides is 1. The van der Waals surface area contributed by atoms with Crippen LogP contribution in [0.5, 0.6) is 11.5 Å². The molecule has 8 heteroatoms. The van der Waals surface area contributed by atoms with E-state index in [0.29, 0.717) is 45.3 Å². The van der Waals surface area contributed by atoms with Crippen molar-refractivity contribution in [3.8, 4) is 11.5 Å². The van der Waals surface area contributed by atoms with Gasteiger partial charge in [0.25, 0.3) is 5.91 Å². The summed E-state index contributed by atoms with van der Waals surface area (Å²) in [5.41, 5.74) is 2.29. The number of aliphatic hydroxyl groups excluding tert-OH is 1. The minimum Gasteiger partial charge on any atom is -0.503 e. The van der Waals surface area contributed by atoms with Crippen LogP contribution < -0.4 is 14.4 Å². The number of aliphatic hydroxyl groups is 1. The molecule has 0 fully saturated rings. The van der Waals surface area contributed by atoms with Gasteiger partial charge in [-0.15, -0.1) is 0 Å². The van der Waals surface area contributed by atoms with Gasteiger partial charge in [-0.3, -0.25) is 14.5 Å². The van der Waals surface area contributed by atoms with Gasteiger partial charge in [0.2, 0.25) is 5.78 Å². The highest BCUT2D eigenvalue weighted by molar-refractivity contribution is 6.31. The molecule has 2 heterocycles. The lowest BCUT2D eigenvalue weighted by molar-refractivity contribution is -0.117. The van der Waals surface area contributed by atoms with Crippen molar-refractivity contribution >= 4 is 39.9 Å². The van der Waals surface area contributed by atoms with Crippen LogP contribution in [0.2, 0.25) is 5.02 Å². The number of hydrogen-bond acceptors (Lipinski definition) is 6. The molecule has 37 heavy (non-hydrogen) atoms. The SMILES string of the molecule is CCOc1ccc(C2C(C(=O)c3cc4cc(Cl)cc(OC)c4o3)=C(O)C(=O)N2c2ccccc2C)cc1. The van der Waals surface area contributed by atoms with Gasteiger partial charge >= 0.3 is 0 Å². The standard InChI is InChI=1S/C29H24ClNO6/c1-4-36-20-11-9-17(10-12-20)25-24(27(33)29(34)31(25)21-8-6-5-7-16(21)2)26(32)22-14-18-13-19(30)15-23(35-3)28(18)37-22/h5-15,25,33H,4H2,1-3H3. The zero-order chi connectivity index (χ0) is 26.3. The number of para-hydroxylation sites is 1. The molecule has 1 amide bonds. The Bertz CT molecular complexity index is 1550. The summed E-state index contributed by atoms with van der Waals surface area (Å²) in [6.45, 7) is 4.25. The summed E-state index contributed by atoms with van der Waals surface area (Å²) >= 11 is 6.18. The summed E-state index contributed by atoms with van der Waals surface area (Å²) in [6, 6.07) is 18.3. The zero-order valence-electron chi connectivity index (χ0n) is 20.4. The van der Waals surface area contributed by atoms with Gasteiger partial charge in [0.05, 0.1) is 25.3 Å². The molecule has 0 aliphatic carbocycles. The number of methoxy groups -OCH3 is 1. The number of nitrogens with zero attached hydrogens (tertiary/aromatic N) is 1. The Morgan fingerprint density at radius 3 is 2.51 bits per heavy atom. The molecular formula is C29H24ClNO6. The molecule has 0 bridgehead atoms. The first-order valence-corrected chi connectivity index (χ1v) is 12.1. The Kier molecular flexibility index (Phi) is 6.39. The van der Waals surface area contributed by atoms with Crippen molar-refractivity contribution in [2.24, 2.45) is 0 Å². The molecule has 0 saturated carbocycles. The van der Waals surface area contributed by atoms with Gasteiger partial charge < -0.3 is 19.0 Å². The molecule has 1 N–H and O–H groups in total. The van der Waals surface area contributed by atoms with E-state index in [1.54, 1.807) is 48.5 Å². The Hall–Kier alpha value is -4.23. The van der Waals surface area contributed by atoms with E-state index in [-0.39, 0.29) is 11.3 Å². The molecule has 1 unspecified atom stereocenters. The van der Waals surface area contributed by atoms with E-state index < -0.39 is 23.5 Å². The summed E-state index contributed by atoms with van der Waals surface area (Å²) in [6.07, 6.45) is 0. The van der Waals surface area contributed by atoms with Crippen molar-refractivity contribution in [3.05, 3.63) is 100.0 Å². The second-order valence-corrected chi connectivity index (χ2v) is 9.03. The maximum atomic E-state index is 13.9. The first-order chi connectivity index (χ1) is 17.8. The highest BCUT2D eigenvalue weighted by atomic mass is 35.5. The monoisotopic (exact) mass is 517 g/mol. The van der Waals surface area contributed by atoms with Gasteiger partial charge in [-0.25, -0.2) is 0 Å². The van der Waals surface area contributed by atoms with Crippen LogP contribution in [0.25, 0.3) is 11.0 Å². The Balaban J connectivity index is 1.66. The van der Waals surface area contributed by atoms with E-state index in [2.05, 4.69) is 0 Å². The van der Waals surface area contributed by atoms with Crippen LogP contribution in [0, 0.1) is 6.92 Å². The lowest BCUT2D eigenvalue weighted by Gasteiger charge is -2.28. The van der Waals surface area contributed by atoms with Crippen molar-refractivity contribution < 1.29 is 28.6 Å². The normalized spacial score (nSPS) is 15.5. The largest absolute Gasteiger partial charge is 0.503 e. The number of furan rings is 1. The molecule has 1 aliphatic rings. The Morgan fingerprint density at radius 1 is 1.11 bits per heavy atom.